The van der Waals surface area contributed by atoms with Crippen molar-refractivity contribution in [1.29, 1.82) is 0 Å². The summed E-state index contributed by atoms with van der Waals surface area (Å²) in [5.41, 5.74) is 4.13. The molecule has 0 saturated heterocycles. The summed E-state index contributed by atoms with van der Waals surface area (Å²) in [6.07, 6.45) is 0. The Labute approximate surface area is 79.9 Å². The monoisotopic (exact) mass is 260 g/mol. The zero-order chi connectivity index (χ0) is 7.68. The van der Waals surface area contributed by atoms with Crippen LogP contribution >= 0.6 is 22.6 Å². The first-order chi connectivity index (χ1) is 5.40. The summed E-state index contributed by atoms with van der Waals surface area (Å²) in [6.45, 7) is 1.61. The fourth-order valence-corrected chi connectivity index (χ4v) is 1.78. The molecule has 0 unspecified atom stereocenters. The molecule has 1 aliphatic heterocycles. The third kappa shape index (κ3) is 1.42. The van der Waals surface area contributed by atoms with E-state index >= 15 is 0 Å². The van der Waals surface area contributed by atoms with Gasteiger partial charge in [-0.25, -0.2) is 0 Å². The topological polar surface area (TPSA) is 9.23 Å². The highest BCUT2D eigenvalue weighted by Crippen LogP contribution is 2.21. The molecule has 11 heavy (non-hydrogen) atoms. The molecule has 1 aliphatic rings. The summed E-state index contributed by atoms with van der Waals surface area (Å²) in [5, 5.41) is 0. The molecule has 2 rings (SSSR count). The van der Waals surface area contributed by atoms with E-state index < -0.39 is 0 Å². The Balaban J connectivity index is 2.41. The molecule has 2 heteroatoms. The van der Waals surface area contributed by atoms with Gasteiger partial charge in [-0.2, -0.15) is 0 Å². The fraction of sp³-hybridized carbons (Fsp3) is 0.333. The van der Waals surface area contributed by atoms with Gasteiger partial charge in [-0.05, 0) is 16.7 Å². The zero-order valence-electron chi connectivity index (χ0n) is 6.14. The van der Waals surface area contributed by atoms with E-state index in [-0.39, 0.29) is 0 Å². The van der Waals surface area contributed by atoms with E-state index in [1.807, 2.05) is 0 Å². The van der Waals surface area contributed by atoms with E-state index in [9.17, 15) is 0 Å². The number of ether oxygens (including phenoxy) is 1. The standard InChI is InChI=1S/C9H9IO/c10-4-7-1-2-8-5-11-6-9(8)3-7/h1-3H,4-6H2. The molecule has 1 nitrogen and oxygen atoms in total. The van der Waals surface area contributed by atoms with Crippen LogP contribution in [-0.2, 0) is 22.4 Å². The van der Waals surface area contributed by atoms with Crippen LogP contribution in [0.15, 0.2) is 18.2 Å². The number of halogens is 1. The number of alkyl halides is 1. The summed E-state index contributed by atoms with van der Waals surface area (Å²) in [6, 6.07) is 6.60. The SMILES string of the molecule is ICc1ccc2c(c1)COC2. The Morgan fingerprint density at radius 3 is 2.91 bits per heavy atom. The van der Waals surface area contributed by atoms with E-state index in [1.165, 1.54) is 16.7 Å². The number of fused-ring (bicyclic) bond motifs is 1. The Bertz CT molecular complexity index is 270. The van der Waals surface area contributed by atoms with Crippen molar-refractivity contribution in [3.8, 4) is 0 Å². The highest BCUT2D eigenvalue weighted by molar-refractivity contribution is 14.1. The maximum Gasteiger partial charge on any atom is 0.0725 e. The molecule has 58 valence electrons. The largest absolute Gasteiger partial charge is 0.372 e. The minimum absolute atomic E-state index is 0.802. The van der Waals surface area contributed by atoms with Crippen molar-refractivity contribution in [2.24, 2.45) is 0 Å². The Morgan fingerprint density at radius 2 is 2.09 bits per heavy atom. The van der Waals surface area contributed by atoms with Crippen LogP contribution in [0.2, 0.25) is 0 Å². The normalized spacial score (nSPS) is 15.0. The number of hydrogen-bond donors (Lipinski definition) is 0. The molecule has 0 amide bonds. The van der Waals surface area contributed by atoms with Gasteiger partial charge < -0.3 is 4.74 Å². The third-order valence-electron chi connectivity index (χ3n) is 1.94. The minimum atomic E-state index is 0.802. The van der Waals surface area contributed by atoms with Gasteiger partial charge in [0.1, 0.15) is 0 Å². The van der Waals surface area contributed by atoms with Crippen LogP contribution in [0, 0.1) is 0 Å². The average Bonchev–Trinajstić information content (AvgIpc) is 2.50. The van der Waals surface area contributed by atoms with Crippen LogP contribution in [-0.4, -0.2) is 0 Å². The van der Waals surface area contributed by atoms with Gasteiger partial charge in [-0.1, -0.05) is 40.8 Å². The average molecular weight is 260 g/mol. The summed E-state index contributed by atoms with van der Waals surface area (Å²) < 4.78 is 6.40. The van der Waals surface area contributed by atoms with Gasteiger partial charge in [0.15, 0.2) is 0 Å². The van der Waals surface area contributed by atoms with E-state index in [0.717, 1.165) is 17.6 Å². The first kappa shape index (κ1) is 7.55. The predicted octanol–water partition coefficient (Wildman–Crippen LogP) is 2.65. The summed E-state index contributed by atoms with van der Waals surface area (Å²) in [5.74, 6) is 0. The van der Waals surface area contributed by atoms with Gasteiger partial charge >= 0.3 is 0 Å². The van der Waals surface area contributed by atoms with E-state index in [1.54, 1.807) is 0 Å². The third-order valence-corrected chi connectivity index (χ3v) is 2.82. The molecular weight excluding hydrogens is 251 g/mol. The van der Waals surface area contributed by atoms with Crippen LogP contribution in [0.3, 0.4) is 0 Å². The molecule has 1 heterocycles. The van der Waals surface area contributed by atoms with Gasteiger partial charge in [0, 0.05) is 4.43 Å². The van der Waals surface area contributed by atoms with Crippen molar-refractivity contribution in [2.45, 2.75) is 17.6 Å². The molecule has 0 spiro atoms. The van der Waals surface area contributed by atoms with Crippen molar-refractivity contribution in [2.75, 3.05) is 0 Å². The van der Waals surface area contributed by atoms with Gasteiger partial charge in [-0.3, -0.25) is 0 Å². The van der Waals surface area contributed by atoms with Gasteiger partial charge in [0.2, 0.25) is 0 Å². The highest BCUT2D eigenvalue weighted by Gasteiger charge is 2.10. The van der Waals surface area contributed by atoms with Crippen LogP contribution in [0.4, 0.5) is 0 Å². The quantitative estimate of drug-likeness (QED) is 0.557. The van der Waals surface area contributed by atoms with Gasteiger partial charge in [0.25, 0.3) is 0 Å². The van der Waals surface area contributed by atoms with Crippen molar-refractivity contribution >= 4 is 22.6 Å². The maximum atomic E-state index is 5.31. The smallest absolute Gasteiger partial charge is 0.0725 e. The molecule has 1 aromatic rings. The van der Waals surface area contributed by atoms with Crippen molar-refractivity contribution in [1.82, 2.24) is 0 Å². The van der Waals surface area contributed by atoms with Crippen molar-refractivity contribution in [3.63, 3.8) is 0 Å². The predicted molar refractivity (Wildman–Crippen MR) is 52.7 cm³/mol. The molecule has 0 saturated carbocycles. The molecule has 0 aromatic heterocycles. The Morgan fingerprint density at radius 1 is 1.27 bits per heavy atom. The number of hydrogen-bond acceptors (Lipinski definition) is 1. The zero-order valence-corrected chi connectivity index (χ0v) is 8.30. The van der Waals surface area contributed by atoms with Crippen LogP contribution < -0.4 is 0 Å². The molecule has 0 bridgehead atoms. The molecular formula is C9H9IO. The second kappa shape index (κ2) is 3.11. The Hall–Kier alpha value is -0.0900. The van der Waals surface area contributed by atoms with Crippen LogP contribution in [0.25, 0.3) is 0 Å². The second-order valence-electron chi connectivity index (χ2n) is 2.73. The lowest BCUT2D eigenvalue weighted by Gasteiger charge is -1.98. The summed E-state index contributed by atoms with van der Waals surface area (Å²) in [7, 11) is 0. The molecule has 0 fully saturated rings. The highest BCUT2D eigenvalue weighted by atomic mass is 127. The van der Waals surface area contributed by atoms with Crippen molar-refractivity contribution in [3.05, 3.63) is 34.9 Å². The lowest BCUT2D eigenvalue weighted by atomic mass is 10.1. The molecule has 0 aliphatic carbocycles. The number of rotatable bonds is 1. The lowest BCUT2D eigenvalue weighted by molar-refractivity contribution is 0.134. The maximum absolute atomic E-state index is 5.31. The van der Waals surface area contributed by atoms with Gasteiger partial charge in [-0.15, -0.1) is 0 Å². The lowest BCUT2D eigenvalue weighted by Crippen LogP contribution is -1.84. The molecule has 1 aromatic carbocycles. The molecule has 0 atom stereocenters. The first-order valence-corrected chi connectivity index (χ1v) is 5.17. The molecule has 0 radical (unpaired) electrons. The second-order valence-corrected chi connectivity index (χ2v) is 3.49. The van der Waals surface area contributed by atoms with Crippen LogP contribution in [0.5, 0.6) is 0 Å². The van der Waals surface area contributed by atoms with Gasteiger partial charge in [0.05, 0.1) is 13.2 Å². The molecule has 0 N–H and O–H groups in total. The van der Waals surface area contributed by atoms with E-state index in [2.05, 4.69) is 40.8 Å². The fourth-order valence-electron chi connectivity index (χ4n) is 1.31. The minimum Gasteiger partial charge on any atom is -0.372 e. The number of benzene rings is 1. The summed E-state index contributed by atoms with van der Waals surface area (Å²) >= 11 is 2.38. The first-order valence-electron chi connectivity index (χ1n) is 3.64. The van der Waals surface area contributed by atoms with E-state index in [4.69, 9.17) is 4.74 Å². The summed E-state index contributed by atoms with van der Waals surface area (Å²) in [4.78, 5) is 0. The van der Waals surface area contributed by atoms with Crippen LogP contribution in [0.1, 0.15) is 16.7 Å². The Kier molecular flexibility index (Phi) is 2.13. The van der Waals surface area contributed by atoms with Crippen molar-refractivity contribution < 1.29 is 4.74 Å². The van der Waals surface area contributed by atoms with E-state index in [0.29, 0.717) is 0 Å².